The van der Waals surface area contributed by atoms with E-state index in [-0.39, 0.29) is 46.7 Å². The van der Waals surface area contributed by atoms with E-state index in [1.807, 2.05) is 146 Å². The maximum atomic E-state index is 9.72. The van der Waals surface area contributed by atoms with Crippen LogP contribution in [0.5, 0.6) is 0 Å². The summed E-state index contributed by atoms with van der Waals surface area (Å²) >= 11 is 0. The van der Waals surface area contributed by atoms with Crippen molar-refractivity contribution in [1.82, 2.24) is 0 Å². The van der Waals surface area contributed by atoms with Crippen LogP contribution in [-0.4, -0.2) is 0 Å². The molecule has 10 aromatic carbocycles. The fourth-order valence-corrected chi connectivity index (χ4v) is 7.95. The van der Waals surface area contributed by atoms with E-state index in [1.165, 1.54) is 4.90 Å². The molecule has 0 spiro atoms. The molecule has 0 unspecified atom stereocenters. The summed E-state index contributed by atoms with van der Waals surface area (Å²) in [5.74, 6) is 0. The second-order valence-corrected chi connectivity index (χ2v) is 14.2. The van der Waals surface area contributed by atoms with Gasteiger partial charge in [-0.2, -0.15) is 0 Å². The molecule has 11 rings (SSSR count). The molecule has 0 aliphatic heterocycles. The van der Waals surface area contributed by atoms with Crippen LogP contribution in [0.1, 0.15) is 11.0 Å². The van der Waals surface area contributed by atoms with Gasteiger partial charge in [0.2, 0.25) is 0 Å². The van der Waals surface area contributed by atoms with Crippen LogP contribution in [-0.2, 0) is 0 Å². The molecule has 2 heteroatoms. The molecule has 0 bridgehead atoms. The number of hydrogen-bond donors (Lipinski definition) is 0. The minimum atomic E-state index is -0.412. The summed E-state index contributed by atoms with van der Waals surface area (Å²) in [7, 11) is 0. The molecule has 1 aromatic heterocycles. The van der Waals surface area contributed by atoms with Crippen molar-refractivity contribution in [3.05, 3.63) is 224 Å². The highest BCUT2D eigenvalue weighted by molar-refractivity contribution is 6.18. The monoisotopic (exact) mass is 747 g/mol. The topological polar surface area (TPSA) is 16.4 Å². The average Bonchev–Trinajstić information content (AvgIpc) is 3.75. The fraction of sp³-hybridized carbons (Fsp3) is 0. The predicted molar refractivity (Wildman–Crippen MR) is 245 cm³/mol. The van der Waals surface area contributed by atoms with Crippen molar-refractivity contribution in [3.63, 3.8) is 0 Å². The number of para-hydroxylation sites is 2. The molecule has 272 valence electrons. The summed E-state index contributed by atoms with van der Waals surface area (Å²) in [5, 5.41) is 5.46. The molecule has 1 heterocycles. The van der Waals surface area contributed by atoms with E-state index in [4.69, 9.17) is 4.42 Å². The molecule has 0 saturated heterocycles. The Labute approximate surface area is 348 Å². The average molecular weight is 748 g/mol. The number of hydrogen-bond acceptors (Lipinski definition) is 2. The van der Waals surface area contributed by atoms with Gasteiger partial charge >= 0.3 is 0 Å². The highest BCUT2D eigenvalue weighted by Gasteiger charge is 2.20. The molecule has 0 amide bonds. The summed E-state index contributed by atoms with van der Waals surface area (Å²) in [6.07, 6.45) is 0. The van der Waals surface area contributed by atoms with Crippen LogP contribution in [0.15, 0.2) is 229 Å². The Balaban J connectivity index is 1.16. The molecule has 0 aliphatic rings. The lowest BCUT2D eigenvalue weighted by Crippen LogP contribution is -2.11. The third-order valence-corrected chi connectivity index (χ3v) is 10.8. The Morgan fingerprint density at radius 1 is 0.345 bits per heavy atom. The van der Waals surface area contributed by atoms with Crippen LogP contribution < -0.4 is 4.90 Å². The van der Waals surface area contributed by atoms with Crippen LogP contribution in [0.2, 0.25) is 0 Å². The second kappa shape index (κ2) is 14.1. The van der Waals surface area contributed by atoms with Gasteiger partial charge in [-0.15, -0.1) is 0 Å². The van der Waals surface area contributed by atoms with Crippen molar-refractivity contribution in [1.29, 1.82) is 0 Å². The Bertz CT molecular complexity index is 3700. The number of benzene rings is 10. The van der Waals surface area contributed by atoms with Gasteiger partial charge in [-0.1, -0.05) is 176 Å². The highest BCUT2D eigenvalue weighted by Crippen LogP contribution is 2.45. The molecule has 0 saturated carbocycles. The van der Waals surface area contributed by atoms with Gasteiger partial charge in [0.1, 0.15) is 11.2 Å². The molecular formula is C56H37NO. The van der Waals surface area contributed by atoms with Crippen LogP contribution >= 0.6 is 0 Å². The zero-order chi connectivity index (χ0) is 45.4. The molecule has 0 aliphatic carbocycles. The highest BCUT2D eigenvalue weighted by atomic mass is 16.3. The first kappa shape index (κ1) is 26.2. The smallest absolute Gasteiger partial charge is 0.143 e. The maximum absolute atomic E-state index is 9.72. The van der Waals surface area contributed by atoms with Gasteiger partial charge in [0.05, 0.1) is 16.7 Å². The zero-order valence-corrected chi connectivity index (χ0v) is 31.1. The minimum Gasteiger partial charge on any atom is -0.455 e. The predicted octanol–water partition coefficient (Wildman–Crippen LogP) is 16.0. The molecule has 2 nitrogen and oxygen atoms in total. The quantitative estimate of drug-likeness (QED) is 0.161. The van der Waals surface area contributed by atoms with Gasteiger partial charge in [0, 0.05) is 33.1 Å². The summed E-state index contributed by atoms with van der Waals surface area (Å²) in [5.41, 5.74) is 5.79. The van der Waals surface area contributed by atoms with Crippen molar-refractivity contribution in [2.75, 3.05) is 4.90 Å². The Hall–Kier alpha value is -7.68. The van der Waals surface area contributed by atoms with Crippen molar-refractivity contribution in [3.8, 4) is 44.5 Å². The van der Waals surface area contributed by atoms with Gasteiger partial charge in [-0.3, -0.25) is 0 Å². The van der Waals surface area contributed by atoms with Gasteiger partial charge in [0.15, 0.2) is 0 Å². The van der Waals surface area contributed by atoms with E-state index in [0.29, 0.717) is 28.0 Å². The molecule has 0 fully saturated rings. The zero-order valence-electron chi connectivity index (χ0n) is 39.1. The maximum Gasteiger partial charge on any atom is 0.143 e. The largest absolute Gasteiger partial charge is 0.455 e. The van der Waals surface area contributed by atoms with Crippen molar-refractivity contribution >= 4 is 60.5 Å². The van der Waals surface area contributed by atoms with Gasteiger partial charge in [-0.05, 0) is 104 Å². The lowest BCUT2D eigenvalue weighted by Gasteiger charge is -2.28. The number of anilines is 3. The minimum absolute atomic E-state index is 0.0942. The van der Waals surface area contributed by atoms with Gasteiger partial charge in [-0.25, -0.2) is 0 Å². The summed E-state index contributed by atoms with van der Waals surface area (Å²) in [6, 6.07) is 52.5. The van der Waals surface area contributed by atoms with E-state index < -0.39 is 24.2 Å². The van der Waals surface area contributed by atoms with Crippen LogP contribution in [0.25, 0.3) is 88.0 Å². The standard InChI is InChI=1S/C56H37NO/c1-2-11-38(12-3-1)40-21-23-41(24-22-40)42-27-31-46(32-28-42)57(47-33-29-43(30-34-47)45-26-25-39-13-4-5-14-44(39)37-45)54-19-8-6-15-50(54)48-17-10-18-52-49(48)35-36-53-51-16-7-9-20-55(51)58-56(52)53/h1-37H/i27D,28D,29D,30D,31D,32D,33D,34D. The normalized spacial score (nSPS) is 13.4. The Morgan fingerprint density at radius 2 is 0.879 bits per heavy atom. The lowest BCUT2D eigenvalue weighted by atomic mass is 9.94. The fourth-order valence-electron chi connectivity index (χ4n) is 7.95. The Morgan fingerprint density at radius 3 is 1.66 bits per heavy atom. The first-order valence-corrected chi connectivity index (χ1v) is 19.2. The molecule has 0 atom stereocenters. The van der Waals surface area contributed by atoms with E-state index in [2.05, 4.69) is 0 Å². The van der Waals surface area contributed by atoms with E-state index in [0.717, 1.165) is 54.6 Å². The summed E-state index contributed by atoms with van der Waals surface area (Å²) < 4.78 is 83.3. The van der Waals surface area contributed by atoms with E-state index >= 15 is 0 Å². The number of fused-ring (bicyclic) bond motifs is 6. The van der Waals surface area contributed by atoms with Crippen LogP contribution in [0.3, 0.4) is 0 Å². The molecule has 0 radical (unpaired) electrons. The van der Waals surface area contributed by atoms with Crippen molar-refractivity contribution in [2.24, 2.45) is 0 Å². The Kier molecular flexibility index (Phi) is 6.38. The third kappa shape index (κ3) is 5.91. The van der Waals surface area contributed by atoms with Crippen molar-refractivity contribution in [2.45, 2.75) is 0 Å². The number of rotatable bonds is 7. The lowest BCUT2D eigenvalue weighted by molar-refractivity contribution is 0.672. The van der Waals surface area contributed by atoms with Crippen molar-refractivity contribution < 1.29 is 15.4 Å². The van der Waals surface area contributed by atoms with E-state index in [1.54, 1.807) is 30.3 Å². The van der Waals surface area contributed by atoms with Gasteiger partial charge in [0.25, 0.3) is 0 Å². The third-order valence-electron chi connectivity index (χ3n) is 10.8. The number of furan rings is 1. The van der Waals surface area contributed by atoms with Crippen LogP contribution in [0.4, 0.5) is 17.1 Å². The van der Waals surface area contributed by atoms with E-state index in [9.17, 15) is 11.0 Å². The summed E-state index contributed by atoms with van der Waals surface area (Å²) in [4.78, 5) is 1.39. The first-order chi connectivity index (χ1) is 32.1. The first-order valence-electron chi connectivity index (χ1n) is 23.2. The SMILES string of the molecule is [2H]c1c([2H])c(N(c2ccccc2-c2cccc3c2ccc2c4ccccc4oc32)c2c([2H])c([2H])c(-c3ccc4ccccc4c3)c([2H])c2[2H])c([2H])c([2H])c1-c1ccc(-c2ccccc2)cc1. The number of nitrogens with zero attached hydrogens (tertiary/aromatic N) is 1. The molecule has 0 N–H and O–H groups in total. The molecular weight excluding hydrogens is 703 g/mol. The molecule has 58 heavy (non-hydrogen) atoms. The molecule has 11 aromatic rings. The van der Waals surface area contributed by atoms with Crippen LogP contribution in [0, 0.1) is 0 Å². The second-order valence-electron chi connectivity index (χ2n) is 14.2. The summed E-state index contributed by atoms with van der Waals surface area (Å²) in [6.45, 7) is 0. The van der Waals surface area contributed by atoms with Gasteiger partial charge < -0.3 is 9.32 Å².